The lowest BCUT2D eigenvalue weighted by atomic mass is 9.83. The summed E-state index contributed by atoms with van der Waals surface area (Å²) in [7, 11) is 4.10. The molecular weight excluding hydrogens is 568 g/mol. The van der Waals surface area contributed by atoms with Crippen LogP contribution in [-0.2, 0) is 19.5 Å². The van der Waals surface area contributed by atoms with Crippen LogP contribution in [-0.4, -0.2) is 59.2 Å². The van der Waals surface area contributed by atoms with E-state index >= 15 is 0 Å². The highest BCUT2D eigenvalue weighted by Gasteiger charge is 2.30. The van der Waals surface area contributed by atoms with Gasteiger partial charge < -0.3 is 19.7 Å². The third kappa shape index (κ3) is 9.76. The molecule has 3 atom stereocenters. The molecule has 5 rings (SSSR count). The normalized spacial score (nSPS) is 13.8. The highest BCUT2D eigenvalue weighted by Crippen LogP contribution is 2.34. The van der Waals surface area contributed by atoms with E-state index in [1.807, 2.05) is 0 Å². The first-order valence-electron chi connectivity index (χ1n) is 16.7. The fourth-order valence-electron chi connectivity index (χ4n) is 6.33. The predicted molar refractivity (Wildman–Crippen MR) is 190 cm³/mol. The van der Waals surface area contributed by atoms with Crippen LogP contribution in [0.3, 0.4) is 0 Å². The Morgan fingerprint density at radius 3 is 1.91 bits per heavy atom. The Labute approximate surface area is 275 Å². The van der Waals surface area contributed by atoms with Gasteiger partial charge in [0.05, 0.1) is 6.10 Å². The van der Waals surface area contributed by atoms with Gasteiger partial charge in [-0.25, -0.2) is 0 Å². The molecule has 0 fully saturated rings. The molecule has 242 valence electrons. The van der Waals surface area contributed by atoms with E-state index in [1.54, 1.807) is 0 Å². The second-order valence-corrected chi connectivity index (χ2v) is 13.2. The summed E-state index contributed by atoms with van der Waals surface area (Å²) in [4.78, 5) is 9.26. The molecule has 0 amide bonds. The molecule has 4 aromatic carbocycles. The van der Waals surface area contributed by atoms with Crippen molar-refractivity contribution in [3.05, 3.63) is 131 Å². The van der Waals surface area contributed by atoms with Crippen LogP contribution in [0.2, 0.25) is 0 Å². The fraction of sp³-hybridized carbons (Fsp3) is 0.375. The van der Waals surface area contributed by atoms with Crippen LogP contribution in [0.5, 0.6) is 0 Å². The van der Waals surface area contributed by atoms with Gasteiger partial charge in [-0.1, -0.05) is 111 Å². The third-order valence-corrected chi connectivity index (χ3v) is 8.66. The Morgan fingerprint density at radius 2 is 1.35 bits per heavy atom. The summed E-state index contributed by atoms with van der Waals surface area (Å²) in [6.45, 7) is 7.70. The Hall–Kier alpha value is -3.97. The van der Waals surface area contributed by atoms with E-state index in [9.17, 15) is 5.11 Å². The van der Waals surface area contributed by atoms with Gasteiger partial charge >= 0.3 is 0 Å². The second kappa shape index (κ2) is 16.5. The Morgan fingerprint density at radius 1 is 0.761 bits per heavy atom. The summed E-state index contributed by atoms with van der Waals surface area (Å²) in [5.74, 6) is 0.645. The van der Waals surface area contributed by atoms with Gasteiger partial charge in [0.2, 0.25) is 0 Å². The maximum atomic E-state index is 12.3. The van der Waals surface area contributed by atoms with Crippen molar-refractivity contribution in [2.75, 3.05) is 32.5 Å². The molecule has 0 saturated carbocycles. The van der Waals surface area contributed by atoms with Gasteiger partial charge in [0.15, 0.2) is 5.58 Å². The van der Waals surface area contributed by atoms with Crippen LogP contribution in [0.4, 0.5) is 6.01 Å². The third-order valence-electron chi connectivity index (χ3n) is 8.66. The maximum absolute atomic E-state index is 12.3. The van der Waals surface area contributed by atoms with Crippen LogP contribution in [0.25, 0.3) is 11.1 Å². The standard InChI is InChI=1S/C40H50N4O2/c1-30(2)24-35(34-20-21-36-39(27-34)46-40(42-36)41-22-23-43(3)4)26-38(45)37(25-31-14-8-5-9-15-31)44(28-32-16-10-6-11-17-32)29-33-18-12-7-13-19-33/h5-21,27,30,35,37-38,45H,22-26,28-29H2,1-4H3,(H,41,42)/t35?,37-,38+/m0/s1. The summed E-state index contributed by atoms with van der Waals surface area (Å²) in [6, 6.07) is 38.7. The molecule has 0 radical (unpaired) electrons. The molecule has 5 aromatic rings. The van der Waals surface area contributed by atoms with Crippen LogP contribution >= 0.6 is 0 Å². The average molecular weight is 619 g/mol. The smallest absolute Gasteiger partial charge is 0.295 e. The zero-order valence-corrected chi connectivity index (χ0v) is 27.8. The molecule has 0 aliphatic heterocycles. The topological polar surface area (TPSA) is 64.8 Å². The summed E-state index contributed by atoms with van der Waals surface area (Å²) in [6.07, 6.45) is 1.84. The number of anilines is 1. The van der Waals surface area contributed by atoms with Crippen molar-refractivity contribution < 1.29 is 9.52 Å². The number of oxazole rings is 1. The van der Waals surface area contributed by atoms with E-state index in [-0.39, 0.29) is 12.0 Å². The van der Waals surface area contributed by atoms with Crippen molar-refractivity contribution >= 4 is 17.1 Å². The van der Waals surface area contributed by atoms with E-state index in [1.165, 1.54) is 22.3 Å². The second-order valence-electron chi connectivity index (χ2n) is 13.2. The molecule has 46 heavy (non-hydrogen) atoms. The number of benzene rings is 4. The number of aliphatic hydroxyl groups excluding tert-OH is 1. The first-order chi connectivity index (χ1) is 22.3. The number of aromatic nitrogens is 1. The Bertz CT molecular complexity index is 1550. The van der Waals surface area contributed by atoms with Gasteiger partial charge in [0, 0.05) is 32.2 Å². The molecule has 6 nitrogen and oxygen atoms in total. The van der Waals surface area contributed by atoms with Gasteiger partial charge in [-0.15, -0.1) is 0 Å². The number of hydrogen-bond acceptors (Lipinski definition) is 6. The number of nitrogens with zero attached hydrogens (tertiary/aromatic N) is 3. The highest BCUT2D eigenvalue weighted by molar-refractivity contribution is 5.75. The molecule has 1 unspecified atom stereocenters. The highest BCUT2D eigenvalue weighted by atomic mass is 16.4. The van der Waals surface area contributed by atoms with E-state index in [0.29, 0.717) is 18.4 Å². The fourth-order valence-corrected chi connectivity index (χ4v) is 6.33. The minimum absolute atomic E-state index is 0.0843. The number of nitrogens with one attached hydrogen (secondary N) is 1. The van der Waals surface area contributed by atoms with Crippen molar-refractivity contribution in [1.29, 1.82) is 0 Å². The summed E-state index contributed by atoms with van der Waals surface area (Å²) in [5.41, 5.74) is 6.53. The molecule has 2 N–H and O–H groups in total. The molecule has 0 spiro atoms. The monoisotopic (exact) mass is 618 g/mol. The number of likely N-dealkylation sites (N-methyl/N-ethyl adjacent to an activating group) is 1. The molecular formula is C40H50N4O2. The van der Waals surface area contributed by atoms with Gasteiger partial charge in [-0.05, 0) is 79.6 Å². The molecule has 6 heteroatoms. The van der Waals surface area contributed by atoms with Gasteiger partial charge in [-0.3, -0.25) is 4.90 Å². The average Bonchev–Trinajstić information content (AvgIpc) is 3.46. The Balaban J connectivity index is 1.44. The first-order valence-corrected chi connectivity index (χ1v) is 16.7. The molecule has 0 aliphatic carbocycles. The summed E-state index contributed by atoms with van der Waals surface area (Å²) in [5, 5.41) is 15.6. The summed E-state index contributed by atoms with van der Waals surface area (Å²) < 4.78 is 6.14. The quantitative estimate of drug-likeness (QED) is 0.110. The minimum Gasteiger partial charge on any atom is -0.424 e. The van der Waals surface area contributed by atoms with E-state index < -0.39 is 6.10 Å². The Kier molecular flexibility index (Phi) is 12.0. The molecule has 1 aromatic heterocycles. The van der Waals surface area contributed by atoms with Crippen molar-refractivity contribution in [2.24, 2.45) is 5.92 Å². The van der Waals surface area contributed by atoms with E-state index in [2.05, 4.69) is 157 Å². The molecule has 0 saturated heterocycles. The number of fused-ring (bicyclic) bond motifs is 1. The first kappa shape index (κ1) is 33.4. The van der Waals surface area contributed by atoms with Crippen molar-refractivity contribution in [3.63, 3.8) is 0 Å². The van der Waals surface area contributed by atoms with E-state index in [0.717, 1.165) is 50.1 Å². The summed E-state index contributed by atoms with van der Waals surface area (Å²) >= 11 is 0. The number of rotatable bonds is 17. The number of aliphatic hydroxyl groups is 1. The van der Waals surface area contributed by atoms with Crippen molar-refractivity contribution in [1.82, 2.24) is 14.8 Å². The van der Waals surface area contributed by atoms with Crippen LogP contribution in [0.1, 0.15) is 54.9 Å². The number of hydrogen-bond donors (Lipinski definition) is 2. The van der Waals surface area contributed by atoms with Gasteiger partial charge in [0.25, 0.3) is 6.01 Å². The lowest BCUT2D eigenvalue weighted by Gasteiger charge is -2.37. The van der Waals surface area contributed by atoms with Crippen LogP contribution in [0, 0.1) is 5.92 Å². The maximum Gasteiger partial charge on any atom is 0.295 e. The van der Waals surface area contributed by atoms with Gasteiger partial charge in [-0.2, -0.15) is 4.98 Å². The van der Waals surface area contributed by atoms with Gasteiger partial charge in [0.1, 0.15) is 5.52 Å². The molecule has 0 bridgehead atoms. The lowest BCUT2D eigenvalue weighted by molar-refractivity contribution is 0.0285. The van der Waals surface area contributed by atoms with E-state index in [4.69, 9.17) is 4.42 Å². The zero-order chi connectivity index (χ0) is 32.3. The van der Waals surface area contributed by atoms with Crippen LogP contribution < -0.4 is 5.32 Å². The molecule has 1 heterocycles. The zero-order valence-electron chi connectivity index (χ0n) is 27.8. The lowest BCUT2D eigenvalue weighted by Crippen LogP contribution is -2.45. The van der Waals surface area contributed by atoms with Crippen molar-refractivity contribution in [2.45, 2.75) is 64.3 Å². The van der Waals surface area contributed by atoms with Crippen LogP contribution in [0.15, 0.2) is 114 Å². The van der Waals surface area contributed by atoms with Crippen molar-refractivity contribution in [3.8, 4) is 0 Å². The molecule has 0 aliphatic rings. The SMILES string of the molecule is CC(C)CC(C[C@@H](O)[C@H](Cc1ccccc1)N(Cc1ccccc1)Cc1ccccc1)c1ccc2nc(NCCN(C)C)oc2c1. The largest absolute Gasteiger partial charge is 0.424 e. The predicted octanol–water partition coefficient (Wildman–Crippen LogP) is 8.00. The minimum atomic E-state index is -0.551.